The smallest absolute Gasteiger partial charge is 0.331 e. The number of urea groups is 1. The summed E-state index contributed by atoms with van der Waals surface area (Å²) in [7, 11) is 1.52. The second kappa shape index (κ2) is 9.30. The molecule has 5 heterocycles. The van der Waals surface area contributed by atoms with Crippen LogP contribution in [0.15, 0.2) is 55.1 Å². The number of aryl methyl sites for hydroxylation is 1. The van der Waals surface area contributed by atoms with Crippen molar-refractivity contribution in [2.45, 2.75) is 50.5 Å². The Kier molecular flexibility index (Phi) is 5.50. The van der Waals surface area contributed by atoms with E-state index in [0.29, 0.717) is 23.8 Å². The number of fused-ring (bicyclic) bond motifs is 2. The molecule has 1 aliphatic heterocycles. The first-order valence-corrected chi connectivity index (χ1v) is 14.3. The normalized spacial score (nSPS) is 20.2. The first-order valence-electron chi connectivity index (χ1n) is 14.3. The standard InChI is InChI=1S/C31H29N9O2/c1-17-7-8-32-28(35-17)23-11-24(23)29-34-12-19-5-6-21(10-25(19)37-29)33-13-22-15-39-14-20(18-3-4-18)9-26(30(39)36-22)40-16-27(41)38(2)31(40)42/h5-10,12,14-15,18,23-24,33H,3-4,11,13,16H2,1-2H3/t23-,24-/m0/s1. The highest BCUT2D eigenvalue weighted by molar-refractivity contribution is 6.13. The number of nitrogens with one attached hydrogen (secondary N) is 1. The van der Waals surface area contributed by atoms with Gasteiger partial charge in [-0.15, -0.1) is 0 Å². The summed E-state index contributed by atoms with van der Waals surface area (Å²) in [5.41, 5.74) is 6.13. The summed E-state index contributed by atoms with van der Waals surface area (Å²) in [5.74, 6) is 2.47. The summed E-state index contributed by atoms with van der Waals surface area (Å²) in [5, 5.41) is 4.46. The number of benzene rings is 1. The van der Waals surface area contributed by atoms with Crippen LogP contribution in [0.2, 0.25) is 0 Å². The molecule has 0 unspecified atom stereocenters. The van der Waals surface area contributed by atoms with Crippen molar-refractivity contribution in [2.75, 3.05) is 23.8 Å². The van der Waals surface area contributed by atoms with Gasteiger partial charge in [-0.05, 0) is 68.0 Å². The molecule has 3 fully saturated rings. The number of carbonyl (C=O) groups excluding carboxylic acids is 2. The van der Waals surface area contributed by atoms with Gasteiger partial charge in [-0.3, -0.25) is 14.6 Å². The third-order valence-corrected chi connectivity index (χ3v) is 8.47. The number of anilines is 2. The van der Waals surface area contributed by atoms with E-state index < -0.39 is 0 Å². The zero-order valence-electron chi connectivity index (χ0n) is 23.4. The highest BCUT2D eigenvalue weighted by atomic mass is 16.2. The topological polar surface area (TPSA) is 122 Å². The first-order chi connectivity index (χ1) is 20.4. The number of amides is 3. The minimum absolute atomic E-state index is 0.0279. The van der Waals surface area contributed by atoms with E-state index in [1.165, 1.54) is 22.4 Å². The highest BCUT2D eigenvalue weighted by Gasteiger charge is 2.44. The molecule has 0 bridgehead atoms. The van der Waals surface area contributed by atoms with E-state index in [-0.39, 0.29) is 30.3 Å². The Morgan fingerprint density at radius 3 is 2.57 bits per heavy atom. The third kappa shape index (κ3) is 4.32. The molecular weight excluding hydrogens is 530 g/mol. The van der Waals surface area contributed by atoms with E-state index in [9.17, 15) is 9.59 Å². The average Bonchev–Trinajstić information content (AvgIpc) is 3.92. The van der Waals surface area contributed by atoms with Gasteiger partial charge in [0.15, 0.2) is 5.65 Å². The van der Waals surface area contributed by atoms with E-state index in [0.717, 1.165) is 58.9 Å². The van der Waals surface area contributed by atoms with Crippen LogP contribution in [0.3, 0.4) is 0 Å². The molecule has 42 heavy (non-hydrogen) atoms. The summed E-state index contributed by atoms with van der Waals surface area (Å²) >= 11 is 0. The molecule has 1 N–H and O–H groups in total. The van der Waals surface area contributed by atoms with Crippen LogP contribution in [0.4, 0.5) is 16.2 Å². The molecule has 210 valence electrons. The fourth-order valence-electron chi connectivity index (χ4n) is 5.79. The third-order valence-electron chi connectivity index (χ3n) is 8.47. The summed E-state index contributed by atoms with van der Waals surface area (Å²) in [6.07, 6.45) is 11.0. The van der Waals surface area contributed by atoms with Crippen molar-refractivity contribution < 1.29 is 9.59 Å². The van der Waals surface area contributed by atoms with E-state index in [2.05, 4.69) is 26.5 Å². The number of nitrogens with zero attached hydrogens (tertiary/aromatic N) is 8. The van der Waals surface area contributed by atoms with Gasteiger partial charge < -0.3 is 9.72 Å². The number of carbonyl (C=O) groups is 2. The fraction of sp³-hybridized carbons (Fsp3) is 0.323. The molecule has 11 heteroatoms. The zero-order chi connectivity index (χ0) is 28.5. The van der Waals surface area contributed by atoms with Crippen LogP contribution in [-0.4, -0.2) is 59.8 Å². The van der Waals surface area contributed by atoms with Gasteiger partial charge in [0.25, 0.3) is 0 Å². The van der Waals surface area contributed by atoms with Crippen molar-refractivity contribution in [2.24, 2.45) is 0 Å². The van der Waals surface area contributed by atoms with Crippen LogP contribution in [0, 0.1) is 6.92 Å². The Balaban J connectivity index is 1.04. The minimum Gasteiger partial charge on any atom is -0.379 e. The molecule has 2 atom stereocenters. The van der Waals surface area contributed by atoms with Crippen molar-refractivity contribution >= 4 is 39.9 Å². The Morgan fingerprint density at radius 2 is 1.81 bits per heavy atom. The van der Waals surface area contributed by atoms with Crippen molar-refractivity contribution in [3.05, 3.63) is 83.7 Å². The van der Waals surface area contributed by atoms with Crippen LogP contribution >= 0.6 is 0 Å². The van der Waals surface area contributed by atoms with Gasteiger partial charge in [-0.2, -0.15) is 0 Å². The summed E-state index contributed by atoms with van der Waals surface area (Å²) in [6, 6.07) is 9.69. The fourth-order valence-corrected chi connectivity index (χ4v) is 5.79. The van der Waals surface area contributed by atoms with E-state index in [1.54, 1.807) is 0 Å². The zero-order valence-corrected chi connectivity index (χ0v) is 23.4. The van der Waals surface area contributed by atoms with Crippen molar-refractivity contribution in [1.82, 2.24) is 34.2 Å². The maximum absolute atomic E-state index is 12.8. The van der Waals surface area contributed by atoms with Gasteiger partial charge in [0.05, 0.1) is 23.4 Å². The molecular formula is C31H29N9O2. The molecule has 0 radical (unpaired) electrons. The summed E-state index contributed by atoms with van der Waals surface area (Å²) < 4.78 is 1.99. The van der Waals surface area contributed by atoms with Crippen LogP contribution < -0.4 is 10.2 Å². The molecule has 3 aliphatic rings. The van der Waals surface area contributed by atoms with E-state index in [1.807, 2.05) is 60.2 Å². The first kappa shape index (κ1) is 24.8. The Hall–Kier alpha value is -4.93. The van der Waals surface area contributed by atoms with Gasteiger partial charge in [-0.1, -0.05) is 0 Å². The molecule has 11 nitrogen and oxygen atoms in total. The molecule has 0 spiro atoms. The second-order valence-electron chi connectivity index (χ2n) is 11.6. The second-order valence-corrected chi connectivity index (χ2v) is 11.6. The number of hydrogen-bond donors (Lipinski definition) is 1. The van der Waals surface area contributed by atoms with Crippen molar-refractivity contribution in [3.8, 4) is 0 Å². The highest BCUT2D eigenvalue weighted by Crippen LogP contribution is 2.52. The predicted octanol–water partition coefficient (Wildman–Crippen LogP) is 4.53. The van der Waals surface area contributed by atoms with Crippen molar-refractivity contribution in [1.29, 1.82) is 0 Å². The quantitative estimate of drug-likeness (QED) is 0.289. The van der Waals surface area contributed by atoms with Crippen LogP contribution in [0.25, 0.3) is 16.6 Å². The van der Waals surface area contributed by atoms with Gasteiger partial charge in [0.1, 0.15) is 18.2 Å². The van der Waals surface area contributed by atoms with Crippen molar-refractivity contribution in [3.63, 3.8) is 0 Å². The molecule has 2 saturated carbocycles. The number of hydrogen-bond acceptors (Lipinski definition) is 8. The monoisotopic (exact) mass is 559 g/mol. The lowest BCUT2D eigenvalue weighted by atomic mass is 10.1. The average molecular weight is 560 g/mol. The van der Waals surface area contributed by atoms with Gasteiger partial charge >= 0.3 is 6.03 Å². The van der Waals surface area contributed by atoms with Crippen LogP contribution in [0.1, 0.15) is 65.6 Å². The Labute approximate surface area is 241 Å². The number of imide groups is 1. The summed E-state index contributed by atoms with van der Waals surface area (Å²) in [6.45, 7) is 2.50. The lowest BCUT2D eigenvalue weighted by Crippen LogP contribution is -2.30. The molecule has 1 aromatic carbocycles. The molecule has 2 aliphatic carbocycles. The summed E-state index contributed by atoms with van der Waals surface area (Å²) in [4.78, 5) is 51.2. The largest absolute Gasteiger partial charge is 0.379 e. The lowest BCUT2D eigenvalue weighted by Gasteiger charge is -2.17. The molecule has 8 rings (SSSR count). The molecule has 1 saturated heterocycles. The van der Waals surface area contributed by atoms with Crippen LogP contribution in [-0.2, 0) is 11.3 Å². The van der Waals surface area contributed by atoms with Gasteiger partial charge in [0.2, 0.25) is 5.91 Å². The Bertz CT molecular complexity index is 1910. The number of pyridine rings is 1. The number of aromatic nitrogens is 6. The molecule has 3 amide bonds. The molecule has 4 aromatic heterocycles. The van der Waals surface area contributed by atoms with Gasteiger partial charge in [0, 0.05) is 60.4 Å². The SMILES string of the molecule is Cc1ccnc([C@H]2C[C@@H]2c2ncc3ccc(NCc4cn5cc(C6CC6)cc(N6CC(=O)N(C)C6=O)c5n4)cc3n2)n1. The Morgan fingerprint density at radius 1 is 0.976 bits per heavy atom. The van der Waals surface area contributed by atoms with Gasteiger partial charge in [-0.25, -0.2) is 29.7 Å². The van der Waals surface area contributed by atoms with Crippen LogP contribution in [0.5, 0.6) is 0 Å². The molecule has 5 aromatic rings. The maximum Gasteiger partial charge on any atom is 0.331 e. The van der Waals surface area contributed by atoms with E-state index >= 15 is 0 Å². The minimum atomic E-state index is -0.320. The number of imidazole rings is 1. The maximum atomic E-state index is 12.8. The van der Waals surface area contributed by atoms with E-state index in [4.69, 9.17) is 9.97 Å². The lowest BCUT2D eigenvalue weighted by molar-refractivity contribution is -0.123. The predicted molar refractivity (Wildman–Crippen MR) is 156 cm³/mol. The number of likely N-dealkylation sites (N-methyl/N-ethyl adjacent to an activating group) is 1. The number of rotatable bonds is 7.